The number of nitrogens with zero attached hydrogens (tertiary/aromatic N) is 3. The SMILES string of the molecule is COc1cccc(OC)c1C(=O)Nc1nnc(SCC(=O)N2CCc3ccccc32)s1. The maximum Gasteiger partial charge on any atom is 0.265 e. The number of aromatic nitrogens is 2. The van der Waals surface area contributed by atoms with Gasteiger partial charge in [0.05, 0.1) is 20.0 Å². The highest BCUT2D eigenvalue weighted by molar-refractivity contribution is 8.01. The molecule has 1 aliphatic heterocycles. The number of hydrogen-bond acceptors (Lipinski definition) is 8. The smallest absolute Gasteiger partial charge is 0.265 e. The summed E-state index contributed by atoms with van der Waals surface area (Å²) in [5, 5.41) is 11.1. The monoisotopic (exact) mass is 456 g/mol. The third kappa shape index (κ3) is 4.49. The summed E-state index contributed by atoms with van der Waals surface area (Å²) in [5.74, 6) is 0.651. The Morgan fingerprint density at radius 3 is 2.58 bits per heavy atom. The first-order chi connectivity index (χ1) is 15.1. The predicted molar refractivity (Wildman–Crippen MR) is 121 cm³/mol. The normalized spacial score (nSPS) is 12.4. The lowest BCUT2D eigenvalue weighted by Gasteiger charge is -2.16. The van der Waals surface area contributed by atoms with Crippen molar-refractivity contribution in [1.29, 1.82) is 0 Å². The molecule has 0 saturated carbocycles. The number of amides is 2. The third-order valence-corrected chi connectivity index (χ3v) is 6.75. The van der Waals surface area contributed by atoms with Gasteiger partial charge >= 0.3 is 0 Å². The van der Waals surface area contributed by atoms with E-state index in [9.17, 15) is 9.59 Å². The van der Waals surface area contributed by atoms with Crippen molar-refractivity contribution < 1.29 is 19.1 Å². The molecular formula is C21H20N4O4S2. The highest BCUT2D eigenvalue weighted by atomic mass is 32.2. The van der Waals surface area contributed by atoms with Crippen LogP contribution in [-0.4, -0.2) is 48.5 Å². The Labute approximate surface area is 187 Å². The van der Waals surface area contributed by atoms with Crippen molar-refractivity contribution in [3.8, 4) is 11.5 Å². The fourth-order valence-electron chi connectivity index (χ4n) is 3.35. The van der Waals surface area contributed by atoms with Crippen molar-refractivity contribution in [2.75, 3.05) is 36.7 Å². The quantitative estimate of drug-likeness (QED) is 0.430. The maximum absolute atomic E-state index is 12.7. The summed E-state index contributed by atoms with van der Waals surface area (Å²) >= 11 is 2.51. The Bertz CT molecular complexity index is 1100. The van der Waals surface area contributed by atoms with E-state index >= 15 is 0 Å². The Balaban J connectivity index is 1.38. The number of hydrogen-bond donors (Lipinski definition) is 1. The molecule has 0 unspecified atom stereocenters. The second-order valence-electron chi connectivity index (χ2n) is 6.58. The van der Waals surface area contributed by atoms with E-state index in [4.69, 9.17) is 9.47 Å². The zero-order valence-corrected chi connectivity index (χ0v) is 18.6. The largest absolute Gasteiger partial charge is 0.496 e. The van der Waals surface area contributed by atoms with Gasteiger partial charge in [-0.2, -0.15) is 0 Å². The topological polar surface area (TPSA) is 93.6 Å². The van der Waals surface area contributed by atoms with Gasteiger partial charge in [0.2, 0.25) is 11.0 Å². The number of rotatable bonds is 7. The molecule has 0 spiro atoms. The second-order valence-corrected chi connectivity index (χ2v) is 8.78. The van der Waals surface area contributed by atoms with Gasteiger partial charge in [-0.05, 0) is 30.2 Å². The number of methoxy groups -OCH3 is 2. The van der Waals surface area contributed by atoms with Gasteiger partial charge in [-0.3, -0.25) is 14.9 Å². The maximum atomic E-state index is 12.7. The van der Waals surface area contributed by atoms with Crippen molar-refractivity contribution in [3.63, 3.8) is 0 Å². The van der Waals surface area contributed by atoms with Crippen LogP contribution in [0.5, 0.6) is 11.5 Å². The molecule has 10 heteroatoms. The molecule has 4 rings (SSSR count). The summed E-state index contributed by atoms with van der Waals surface area (Å²) in [6.45, 7) is 0.691. The van der Waals surface area contributed by atoms with Crippen LogP contribution in [0.3, 0.4) is 0 Å². The molecule has 2 amide bonds. The van der Waals surface area contributed by atoms with Gasteiger partial charge in [0.1, 0.15) is 17.1 Å². The lowest BCUT2D eigenvalue weighted by atomic mass is 10.1. The number of fused-ring (bicyclic) bond motifs is 1. The summed E-state index contributed by atoms with van der Waals surface area (Å²) in [6.07, 6.45) is 0.869. The minimum Gasteiger partial charge on any atom is -0.496 e. The predicted octanol–water partition coefficient (Wildman–Crippen LogP) is 3.49. The van der Waals surface area contributed by atoms with Crippen molar-refractivity contribution in [2.24, 2.45) is 0 Å². The van der Waals surface area contributed by atoms with E-state index in [1.165, 1.54) is 42.9 Å². The van der Waals surface area contributed by atoms with E-state index in [0.29, 0.717) is 27.5 Å². The average molecular weight is 457 g/mol. The molecule has 2 aromatic carbocycles. The van der Waals surface area contributed by atoms with Crippen LogP contribution < -0.4 is 19.7 Å². The van der Waals surface area contributed by atoms with Crippen LogP contribution in [0.1, 0.15) is 15.9 Å². The van der Waals surface area contributed by atoms with Crippen LogP contribution in [-0.2, 0) is 11.2 Å². The van der Waals surface area contributed by atoms with Gasteiger partial charge < -0.3 is 14.4 Å². The van der Waals surface area contributed by atoms with E-state index < -0.39 is 5.91 Å². The standard InChI is InChI=1S/C21H20N4O4S2/c1-28-15-8-5-9-16(29-2)18(15)19(27)22-20-23-24-21(31-20)30-12-17(26)25-11-10-13-6-3-4-7-14(13)25/h3-9H,10-12H2,1-2H3,(H,22,23,27). The van der Waals surface area contributed by atoms with E-state index in [2.05, 4.69) is 15.5 Å². The molecule has 0 bridgehead atoms. The lowest BCUT2D eigenvalue weighted by Crippen LogP contribution is -2.30. The van der Waals surface area contributed by atoms with Gasteiger partial charge in [-0.1, -0.05) is 47.4 Å². The first kappa shape index (κ1) is 21.1. The van der Waals surface area contributed by atoms with Crippen LogP contribution in [0.15, 0.2) is 46.8 Å². The molecule has 1 N–H and O–H groups in total. The van der Waals surface area contributed by atoms with Crippen molar-refractivity contribution in [1.82, 2.24) is 10.2 Å². The minimum atomic E-state index is -0.410. The van der Waals surface area contributed by atoms with Gasteiger partial charge in [0.25, 0.3) is 5.91 Å². The Morgan fingerprint density at radius 1 is 1.10 bits per heavy atom. The number of carbonyl (C=O) groups is 2. The summed E-state index contributed by atoms with van der Waals surface area (Å²) < 4.78 is 11.1. The molecule has 0 atom stereocenters. The number of anilines is 2. The lowest BCUT2D eigenvalue weighted by molar-refractivity contribution is -0.116. The third-order valence-electron chi connectivity index (χ3n) is 4.79. The molecule has 1 aliphatic rings. The molecule has 0 radical (unpaired) electrons. The van der Waals surface area contributed by atoms with Crippen LogP contribution in [0.25, 0.3) is 0 Å². The molecule has 0 aliphatic carbocycles. The zero-order valence-electron chi connectivity index (χ0n) is 17.0. The summed E-state index contributed by atoms with van der Waals surface area (Å²) in [5.41, 5.74) is 2.44. The molecule has 8 nitrogen and oxygen atoms in total. The number of thioether (sulfide) groups is 1. The first-order valence-corrected chi connectivity index (χ1v) is 11.3. The number of para-hydroxylation sites is 1. The van der Waals surface area contributed by atoms with Gasteiger partial charge in [0.15, 0.2) is 4.34 Å². The number of nitrogens with one attached hydrogen (secondary N) is 1. The number of carbonyl (C=O) groups excluding carboxylic acids is 2. The summed E-state index contributed by atoms with van der Waals surface area (Å²) in [6, 6.07) is 13.0. The van der Waals surface area contributed by atoms with Crippen molar-refractivity contribution in [2.45, 2.75) is 10.8 Å². The molecule has 3 aromatic rings. The van der Waals surface area contributed by atoms with Crippen LogP contribution in [0.2, 0.25) is 0 Å². The van der Waals surface area contributed by atoms with Crippen LogP contribution in [0.4, 0.5) is 10.8 Å². The van der Waals surface area contributed by atoms with E-state index in [0.717, 1.165) is 12.1 Å². The number of benzene rings is 2. The Kier molecular flexibility index (Phi) is 6.38. The molecule has 0 fully saturated rings. The first-order valence-electron chi connectivity index (χ1n) is 9.47. The van der Waals surface area contributed by atoms with E-state index in [1.807, 2.05) is 24.3 Å². The zero-order chi connectivity index (χ0) is 21.8. The highest BCUT2D eigenvalue weighted by Crippen LogP contribution is 2.32. The van der Waals surface area contributed by atoms with Crippen molar-refractivity contribution in [3.05, 3.63) is 53.6 Å². The molecule has 2 heterocycles. The summed E-state index contributed by atoms with van der Waals surface area (Å²) in [7, 11) is 2.97. The highest BCUT2D eigenvalue weighted by Gasteiger charge is 2.24. The minimum absolute atomic E-state index is 0.0227. The van der Waals surface area contributed by atoms with Gasteiger partial charge in [-0.15, -0.1) is 10.2 Å². The van der Waals surface area contributed by atoms with Crippen LogP contribution in [0, 0.1) is 0 Å². The van der Waals surface area contributed by atoms with Crippen LogP contribution >= 0.6 is 23.1 Å². The fraction of sp³-hybridized carbons (Fsp3) is 0.238. The second kappa shape index (κ2) is 9.36. The molecule has 0 saturated heterocycles. The van der Waals surface area contributed by atoms with E-state index in [-0.39, 0.29) is 17.2 Å². The molecule has 31 heavy (non-hydrogen) atoms. The number of ether oxygens (including phenoxy) is 2. The fourth-order valence-corrected chi connectivity index (χ4v) is 4.97. The van der Waals surface area contributed by atoms with E-state index in [1.54, 1.807) is 23.1 Å². The molecule has 160 valence electrons. The average Bonchev–Trinajstić information content (AvgIpc) is 3.43. The molecule has 1 aromatic heterocycles. The van der Waals surface area contributed by atoms with Gasteiger partial charge in [0, 0.05) is 12.2 Å². The van der Waals surface area contributed by atoms with Gasteiger partial charge in [-0.25, -0.2) is 0 Å². The Hall–Kier alpha value is -3.11. The Morgan fingerprint density at radius 2 is 1.84 bits per heavy atom. The summed E-state index contributed by atoms with van der Waals surface area (Å²) in [4.78, 5) is 27.2. The molecular weight excluding hydrogens is 436 g/mol. The van der Waals surface area contributed by atoms with Crippen molar-refractivity contribution >= 4 is 45.7 Å².